The van der Waals surface area contributed by atoms with Crippen molar-refractivity contribution in [1.29, 1.82) is 0 Å². The Morgan fingerprint density at radius 2 is 1.74 bits per heavy atom. The van der Waals surface area contributed by atoms with Gasteiger partial charge in [-0.25, -0.2) is 0 Å². The van der Waals surface area contributed by atoms with Crippen molar-refractivity contribution in [3.8, 4) is 0 Å². The molecule has 1 saturated carbocycles. The average molecular weight is 392 g/mol. The molecule has 1 fully saturated rings. The molecule has 2 aliphatic rings. The highest BCUT2D eigenvalue weighted by Crippen LogP contribution is 2.44. The first-order valence-electron chi connectivity index (χ1n) is 10.8. The number of carbonyl (C=O) groups is 2. The summed E-state index contributed by atoms with van der Waals surface area (Å²) >= 11 is 1.29. The monoisotopic (exact) mass is 391 g/mol. The molecule has 1 amide bonds. The Hall–Kier alpha value is -1.03. The minimum absolute atomic E-state index is 0.0451. The Labute approximate surface area is 169 Å². The van der Waals surface area contributed by atoms with Crippen LogP contribution in [0.4, 0.5) is 0 Å². The lowest BCUT2D eigenvalue weighted by molar-refractivity contribution is -0.135. The van der Waals surface area contributed by atoms with E-state index in [4.69, 9.17) is 0 Å². The smallest absolute Gasteiger partial charge is 0.227 e. The van der Waals surface area contributed by atoms with Gasteiger partial charge in [-0.1, -0.05) is 89.8 Å². The van der Waals surface area contributed by atoms with Gasteiger partial charge >= 0.3 is 0 Å². The highest BCUT2D eigenvalue weighted by atomic mass is 32.2. The predicted octanol–water partition coefficient (Wildman–Crippen LogP) is 6.01. The first kappa shape index (κ1) is 22.3. The maximum absolute atomic E-state index is 13.6. The van der Waals surface area contributed by atoms with Crippen molar-refractivity contribution < 1.29 is 9.59 Å². The van der Waals surface area contributed by atoms with Crippen LogP contribution in [0.3, 0.4) is 0 Å². The van der Waals surface area contributed by atoms with Gasteiger partial charge in [-0.15, -0.1) is 0 Å². The summed E-state index contributed by atoms with van der Waals surface area (Å²) in [6, 6.07) is 0. The fourth-order valence-electron chi connectivity index (χ4n) is 4.30. The molecule has 0 spiro atoms. The van der Waals surface area contributed by atoms with E-state index in [0.717, 1.165) is 44.9 Å². The van der Waals surface area contributed by atoms with Crippen LogP contribution in [0.25, 0.3) is 0 Å². The predicted molar refractivity (Wildman–Crippen MR) is 115 cm³/mol. The third kappa shape index (κ3) is 5.73. The number of thioether (sulfide) groups is 1. The van der Waals surface area contributed by atoms with E-state index in [1.165, 1.54) is 18.2 Å². The molecule has 0 heterocycles. The highest BCUT2D eigenvalue weighted by Gasteiger charge is 2.44. The van der Waals surface area contributed by atoms with E-state index in [1.807, 2.05) is 32.1 Å². The van der Waals surface area contributed by atoms with Crippen molar-refractivity contribution in [3.63, 3.8) is 0 Å². The van der Waals surface area contributed by atoms with Crippen LogP contribution in [-0.4, -0.2) is 15.9 Å². The van der Waals surface area contributed by atoms with Crippen molar-refractivity contribution in [3.05, 3.63) is 24.3 Å². The molecule has 3 nitrogen and oxygen atoms in total. The molecule has 0 aromatic heterocycles. The van der Waals surface area contributed by atoms with Crippen molar-refractivity contribution in [1.82, 2.24) is 5.32 Å². The minimum atomic E-state index is -0.633. The Morgan fingerprint density at radius 1 is 1.07 bits per heavy atom. The molecule has 0 radical (unpaired) electrons. The molecule has 2 aliphatic carbocycles. The number of nitrogens with one attached hydrogen (secondary N) is 1. The Bertz CT molecular complexity index is 571. The second-order valence-corrected chi connectivity index (χ2v) is 9.97. The van der Waals surface area contributed by atoms with E-state index in [1.54, 1.807) is 0 Å². The summed E-state index contributed by atoms with van der Waals surface area (Å²) in [7, 11) is 0. The van der Waals surface area contributed by atoms with E-state index in [9.17, 15) is 9.59 Å². The van der Waals surface area contributed by atoms with Crippen LogP contribution in [0.1, 0.15) is 85.5 Å². The first-order valence-corrected chi connectivity index (χ1v) is 11.6. The summed E-state index contributed by atoms with van der Waals surface area (Å²) in [6.45, 7) is 8.30. The van der Waals surface area contributed by atoms with Crippen LogP contribution in [0, 0.1) is 17.3 Å². The molecular formula is C23H37NO2S. The molecule has 0 aromatic carbocycles. The number of rotatable bonds is 8. The van der Waals surface area contributed by atoms with Gasteiger partial charge in [-0.05, 0) is 31.3 Å². The van der Waals surface area contributed by atoms with Crippen LogP contribution in [0.2, 0.25) is 0 Å². The van der Waals surface area contributed by atoms with E-state index in [0.29, 0.717) is 12.3 Å². The van der Waals surface area contributed by atoms with E-state index >= 15 is 0 Å². The van der Waals surface area contributed by atoms with Gasteiger partial charge in [0.15, 0.2) is 5.12 Å². The van der Waals surface area contributed by atoms with Gasteiger partial charge in [-0.2, -0.15) is 0 Å². The van der Waals surface area contributed by atoms with Crippen LogP contribution >= 0.6 is 11.8 Å². The zero-order chi connectivity index (χ0) is 19.9. The average Bonchev–Trinajstić information content (AvgIpc) is 2.67. The molecule has 1 atom stereocenters. The Kier molecular flexibility index (Phi) is 8.20. The molecule has 2 rings (SSSR count). The summed E-state index contributed by atoms with van der Waals surface area (Å²) in [5.41, 5.74) is -0.265. The quantitative estimate of drug-likeness (QED) is 0.516. The lowest BCUT2D eigenvalue weighted by Crippen LogP contribution is -2.53. The van der Waals surface area contributed by atoms with Crippen LogP contribution in [-0.2, 0) is 9.59 Å². The van der Waals surface area contributed by atoms with Gasteiger partial charge < -0.3 is 5.32 Å². The molecule has 27 heavy (non-hydrogen) atoms. The van der Waals surface area contributed by atoms with Crippen molar-refractivity contribution in [2.45, 2.75) is 90.4 Å². The molecule has 0 bridgehead atoms. The van der Waals surface area contributed by atoms with Crippen molar-refractivity contribution in [2.24, 2.45) is 17.3 Å². The summed E-state index contributed by atoms with van der Waals surface area (Å²) in [5.74, 6) is 0.714. The Balaban J connectivity index is 2.23. The fourth-order valence-corrected chi connectivity index (χ4v) is 5.36. The first-order chi connectivity index (χ1) is 12.9. The van der Waals surface area contributed by atoms with E-state index in [-0.39, 0.29) is 22.4 Å². The second kappa shape index (κ2) is 9.95. The number of hydrogen-bond acceptors (Lipinski definition) is 3. The summed E-state index contributed by atoms with van der Waals surface area (Å²) in [5, 5.41) is 3.48. The largest absolute Gasteiger partial charge is 0.337 e. The standard InChI is InChI=1S/C23H37NO2S/c1-5-19(6-2)17-22(13-9-7-10-14-22)21(26)24-23(15-11-8-12-16-23)27-20(25)18(3)4/h8,11-12,15,18-19H,5-7,9-10,13-14,16-17H2,1-4H3,(H,24,26). The van der Waals surface area contributed by atoms with Gasteiger partial charge in [0.1, 0.15) is 4.87 Å². The normalized spacial score (nSPS) is 24.4. The fraction of sp³-hybridized carbons (Fsp3) is 0.739. The molecule has 0 aliphatic heterocycles. The van der Waals surface area contributed by atoms with Crippen molar-refractivity contribution in [2.75, 3.05) is 0 Å². The maximum Gasteiger partial charge on any atom is 0.227 e. The third-order valence-electron chi connectivity index (χ3n) is 6.24. The molecule has 4 heteroatoms. The van der Waals surface area contributed by atoms with E-state index in [2.05, 4.69) is 25.2 Å². The van der Waals surface area contributed by atoms with Gasteiger partial charge in [0.05, 0.1) is 0 Å². The summed E-state index contributed by atoms with van der Waals surface area (Å²) < 4.78 is 0. The molecule has 1 N–H and O–H groups in total. The number of amides is 1. The summed E-state index contributed by atoms with van der Waals surface area (Å²) in [4.78, 5) is 25.5. The van der Waals surface area contributed by atoms with Gasteiger partial charge in [0, 0.05) is 17.8 Å². The minimum Gasteiger partial charge on any atom is -0.337 e. The van der Waals surface area contributed by atoms with Crippen molar-refractivity contribution >= 4 is 22.8 Å². The van der Waals surface area contributed by atoms with Gasteiger partial charge in [0.25, 0.3) is 0 Å². The third-order valence-corrected chi connectivity index (χ3v) is 7.68. The number of carbonyl (C=O) groups excluding carboxylic acids is 2. The number of allylic oxidation sites excluding steroid dienone is 2. The zero-order valence-electron chi connectivity index (χ0n) is 17.6. The second-order valence-electron chi connectivity index (χ2n) is 8.64. The maximum atomic E-state index is 13.6. The van der Waals surface area contributed by atoms with Crippen LogP contribution in [0.5, 0.6) is 0 Å². The summed E-state index contributed by atoms with van der Waals surface area (Å²) in [6.07, 6.45) is 17.4. The lowest BCUT2D eigenvalue weighted by atomic mass is 9.67. The SMILES string of the molecule is CCC(CC)CC1(C(=O)NC2(SC(=O)C(C)C)C=CC=CC2)CCCCC1. The molecule has 0 aromatic rings. The number of hydrogen-bond donors (Lipinski definition) is 1. The Morgan fingerprint density at radius 3 is 2.26 bits per heavy atom. The van der Waals surface area contributed by atoms with Gasteiger partial charge in [0.2, 0.25) is 5.91 Å². The van der Waals surface area contributed by atoms with E-state index < -0.39 is 4.87 Å². The van der Waals surface area contributed by atoms with Crippen LogP contribution < -0.4 is 5.32 Å². The highest BCUT2D eigenvalue weighted by molar-refractivity contribution is 8.15. The van der Waals surface area contributed by atoms with Crippen LogP contribution in [0.15, 0.2) is 24.3 Å². The molecular weight excluding hydrogens is 354 g/mol. The molecule has 152 valence electrons. The molecule has 1 unspecified atom stereocenters. The zero-order valence-corrected chi connectivity index (χ0v) is 18.4. The molecule has 0 saturated heterocycles. The van der Waals surface area contributed by atoms with Gasteiger partial charge in [-0.3, -0.25) is 9.59 Å². The topological polar surface area (TPSA) is 46.2 Å². The lowest BCUT2D eigenvalue weighted by Gasteiger charge is -2.42.